The van der Waals surface area contributed by atoms with E-state index in [1.54, 1.807) is 0 Å². The van der Waals surface area contributed by atoms with E-state index in [9.17, 15) is 14.4 Å². The maximum atomic E-state index is 12.9. The monoisotopic (exact) mass is 1000 g/mol. The van der Waals surface area contributed by atoms with Crippen LogP contribution in [0.1, 0.15) is 367 Å². The molecule has 0 saturated heterocycles. The molecule has 0 N–H and O–H groups in total. The van der Waals surface area contributed by atoms with Crippen LogP contribution in [-0.2, 0) is 28.6 Å². The van der Waals surface area contributed by atoms with Crippen molar-refractivity contribution < 1.29 is 28.6 Å². The molecule has 71 heavy (non-hydrogen) atoms. The number of hydrogen-bond donors (Lipinski definition) is 0. The second kappa shape index (κ2) is 60.7. The molecule has 0 aromatic rings. The first-order chi connectivity index (χ1) is 35.0. The predicted molar refractivity (Wildman–Crippen MR) is 307 cm³/mol. The van der Waals surface area contributed by atoms with Gasteiger partial charge in [0.05, 0.1) is 0 Å². The molecule has 0 fully saturated rings. The molecule has 0 aliphatic heterocycles. The number of ether oxygens (including phenoxy) is 3. The Morgan fingerprint density at radius 2 is 0.479 bits per heavy atom. The van der Waals surface area contributed by atoms with E-state index in [0.29, 0.717) is 19.3 Å². The molecule has 0 aromatic heterocycles. The van der Waals surface area contributed by atoms with E-state index in [1.807, 2.05) is 0 Å². The van der Waals surface area contributed by atoms with Crippen molar-refractivity contribution in [3.05, 3.63) is 12.2 Å². The van der Waals surface area contributed by atoms with E-state index >= 15 is 0 Å². The van der Waals surface area contributed by atoms with Gasteiger partial charge in [0.2, 0.25) is 0 Å². The van der Waals surface area contributed by atoms with Crippen LogP contribution in [0.15, 0.2) is 12.2 Å². The lowest BCUT2D eigenvalue weighted by molar-refractivity contribution is -0.167. The lowest BCUT2D eigenvalue weighted by Gasteiger charge is -2.18. The van der Waals surface area contributed by atoms with E-state index in [1.165, 1.54) is 263 Å². The molecule has 0 bridgehead atoms. The second-order valence-corrected chi connectivity index (χ2v) is 22.0. The fraction of sp³-hybridized carbons (Fsp3) is 0.923. The van der Waals surface area contributed by atoms with Crippen molar-refractivity contribution in [3.8, 4) is 0 Å². The third-order valence-corrected chi connectivity index (χ3v) is 14.8. The Bertz CT molecular complexity index is 1100. The van der Waals surface area contributed by atoms with Gasteiger partial charge in [-0.2, -0.15) is 0 Å². The van der Waals surface area contributed by atoms with Crippen LogP contribution >= 0.6 is 0 Å². The summed E-state index contributed by atoms with van der Waals surface area (Å²) in [7, 11) is 0. The quantitative estimate of drug-likeness (QED) is 0.0261. The van der Waals surface area contributed by atoms with E-state index < -0.39 is 6.10 Å². The summed E-state index contributed by atoms with van der Waals surface area (Å²) in [6.45, 7) is 6.67. The zero-order valence-electron chi connectivity index (χ0n) is 48.3. The van der Waals surface area contributed by atoms with Crippen molar-refractivity contribution in [3.63, 3.8) is 0 Å². The van der Waals surface area contributed by atoms with Crippen LogP contribution in [0.2, 0.25) is 0 Å². The van der Waals surface area contributed by atoms with Crippen molar-refractivity contribution in [1.82, 2.24) is 0 Å². The van der Waals surface area contributed by atoms with Gasteiger partial charge in [0, 0.05) is 19.3 Å². The number of carbonyl (C=O) groups is 3. The molecule has 420 valence electrons. The van der Waals surface area contributed by atoms with Gasteiger partial charge in [-0.05, 0) is 38.5 Å². The fourth-order valence-corrected chi connectivity index (χ4v) is 9.90. The molecule has 0 saturated carbocycles. The highest BCUT2D eigenvalue weighted by molar-refractivity contribution is 5.71. The Morgan fingerprint density at radius 3 is 0.746 bits per heavy atom. The Hall–Kier alpha value is -1.85. The Labute approximate surface area is 443 Å². The second-order valence-electron chi connectivity index (χ2n) is 22.0. The summed E-state index contributed by atoms with van der Waals surface area (Å²) >= 11 is 0. The first-order valence-corrected chi connectivity index (χ1v) is 32.2. The number of carbonyl (C=O) groups excluding carboxylic acids is 3. The highest BCUT2D eigenvalue weighted by Crippen LogP contribution is 2.18. The van der Waals surface area contributed by atoms with Crippen molar-refractivity contribution in [1.29, 1.82) is 0 Å². The van der Waals surface area contributed by atoms with E-state index in [-0.39, 0.29) is 31.1 Å². The topological polar surface area (TPSA) is 78.9 Å². The van der Waals surface area contributed by atoms with E-state index in [4.69, 9.17) is 14.2 Å². The third kappa shape index (κ3) is 58.9. The van der Waals surface area contributed by atoms with Crippen LogP contribution in [0, 0.1) is 0 Å². The highest BCUT2D eigenvalue weighted by atomic mass is 16.6. The Morgan fingerprint density at radius 1 is 0.268 bits per heavy atom. The van der Waals surface area contributed by atoms with Gasteiger partial charge >= 0.3 is 17.9 Å². The molecule has 0 aliphatic rings. The number of hydrogen-bond acceptors (Lipinski definition) is 6. The van der Waals surface area contributed by atoms with Gasteiger partial charge in [0.25, 0.3) is 0 Å². The smallest absolute Gasteiger partial charge is 0.306 e. The lowest BCUT2D eigenvalue weighted by atomic mass is 10.0. The standard InChI is InChI=1S/C65H124O6/c1-4-7-10-13-16-19-22-24-26-28-30-32-34-36-38-40-43-46-49-52-55-58-64(67)70-61-62(60-69-63(66)57-54-51-48-45-42-21-18-15-12-9-6-3)71-65(68)59-56-53-50-47-44-41-39-37-35-33-31-29-27-25-23-20-17-14-11-8-5-2/h15,18,62H,4-14,16-17,19-61H2,1-3H3/b18-15-. The first kappa shape index (κ1) is 69.2. The number of unbranched alkanes of at least 4 members (excludes halogenated alkanes) is 47. The van der Waals surface area contributed by atoms with Gasteiger partial charge in [-0.1, -0.05) is 322 Å². The molecule has 6 heteroatoms. The van der Waals surface area contributed by atoms with Gasteiger partial charge < -0.3 is 14.2 Å². The molecule has 0 spiro atoms. The summed E-state index contributed by atoms with van der Waals surface area (Å²) in [5, 5.41) is 0. The molecular weight excluding hydrogens is 877 g/mol. The molecule has 1 atom stereocenters. The summed E-state index contributed by atoms with van der Waals surface area (Å²) in [4.78, 5) is 38.2. The van der Waals surface area contributed by atoms with E-state index in [0.717, 1.165) is 64.2 Å². The summed E-state index contributed by atoms with van der Waals surface area (Å²) in [6, 6.07) is 0. The van der Waals surface area contributed by atoms with Gasteiger partial charge in [-0.3, -0.25) is 14.4 Å². The van der Waals surface area contributed by atoms with Gasteiger partial charge in [-0.15, -0.1) is 0 Å². The van der Waals surface area contributed by atoms with Crippen LogP contribution < -0.4 is 0 Å². The maximum Gasteiger partial charge on any atom is 0.306 e. The van der Waals surface area contributed by atoms with Gasteiger partial charge in [-0.25, -0.2) is 0 Å². The SMILES string of the molecule is CCCC/C=C\CCCCCCCC(=O)OCC(COC(=O)CCCCCCCCCCCCCCCCCCCCCCC)OC(=O)CCCCCCCCCCCCCCCCCCCCCCC. The van der Waals surface area contributed by atoms with Crippen molar-refractivity contribution in [2.75, 3.05) is 13.2 Å². The molecule has 0 rings (SSSR count). The maximum absolute atomic E-state index is 12.9. The molecule has 1 unspecified atom stereocenters. The first-order valence-electron chi connectivity index (χ1n) is 32.2. The van der Waals surface area contributed by atoms with Gasteiger partial charge in [0.15, 0.2) is 6.10 Å². The number of esters is 3. The van der Waals surface area contributed by atoms with Crippen LogP contribution in [0.3, 0.4) is 0 Å². The van der Waals surface area contributed by atoms with Crippen LogP contribution in [0.4, 0.5) is 0 Å². The normalized spacial score (nSPS) is 12.0. The molecule has 0 radical (unpaired) electrons. The molecule has 0 aliphatic carbocycles. The van der Waals surface area contributed by atoms with Crippen molar-refractivity contribution in [2.45, 2.75) is 374 Å². The summed E-state index contributed by atoms with van der Waals surface area (Å²) < 4.78 is 16.9. The highest BCUT2D eigenvalue weighted by Gasteiger charge is 2.19. The molecule has 6 nitrogen and oxygen atoms in total. The average Bonchev–Trinajstić information content (AvgIpc) is 3.37. The van der Waals surface area contributed by atoms with Crippen LogP contribution in [-0.4, -0.2) is 37.2 Å². The van der Waals surface area contributed by atoms with E-state index in [2.05, 4.69) is 32.9 Å². The minimum absolute atomic E-state index is 0.0662. The average molecular weight is 1000 g/mol. The Kier molecular flexibility index (Phi) is 59.1. The predicted octanol–water partition coefficient (Wildman–Crippen LogP) is 21.7. The molecule has 0 aromatic carbocycles. The summed E-state index contributed by atoms with van der Waals surface area (Å²) in [5.41, 5.74) is 0. The van der Waals surface area contributed by atoms with Crippen molar-refractivity contribution >= 4 is 17.9 Å². The summed E-state index contributed by atoms with van der Waals surface area (Å²) in [6.07, 6.45) is 70.9. The van der Waals surface area contributed by atoms with Crippen LogP contribution in [0.25, 0.3) is 0 Å². The largest absolute Gasteiger partial charge is 0.462 e. The molecular formula is C65H124O6. The van der Waals surface area contributed by atoms with Gasteiger partial charge in [0.1, 0.15) is 13.2 Å². The Balaban J connectivity index is 4.20. The molecule has 0 heterocycles. The number of allylic oxidation sites excluding steroid dienone is 2. The number of rotatable bonds is 60. The minimum Gasteiger partial charge on any atom is -0.462 e. The lowest BCUT2D eigenvalue weighted by Crippen LogP contribution is -2.30. The zero-order chi connectivity index (χ0) is 51.4. The molecule has 0 amide bonds. The third-order valence-electron chi connectivity index (χ3n) is 14.8. The fourth-order valence-electron chi connectivity index (χ4n) is 9.90. The van der Waals surface area contributed by atoms with Crippen LogP contribution in [0.5, 0.6) is 0 Å². The zero-order valence-corrected chi connectivity index (χ0v) is 48.3. The summed E-state index contributed by atoms with van der Waals surface area (Å²) in [5.74, 6) is -0.847. The van der Waals surface area contributed by atoms with Crippen molar-refractivity contribution in [2.24, 2.45) is 0 Å². The minimum atomic E-state index is -0.768.